The van der Waals surface area contributed by atoms with Crippen molar-refractivity contribution in [2.75, 3.05) is 0 Å². The minimum atomic E-state index is -0.226. The van der Waals surface area contributed by atoms with E-state index in [1.54, 1.807) is 18.2 Å². The largest absolute Gasteiger partial charge is 1.00 e. The first kappa shape index (κ1) is 13.9. The fourth-order valence-electron chi connectivity index (χ4n) is 0.911. The molecule has 0 saturated heterocycles. The second-order valence-electron chi connectivity index (χ2n) is 2.64. The van der Waals surface area contributed by atoms with Gasteiger partial charge in [0.2, 0.25) is 0 Å². The molecule has 14 heavy (non-hydrogen) atoms. The van der Waals surface area contributed by atoms with E-state index in [0.29, 0.717) is 11.8 Å². The molecule has 0 aliphatic carbocycles. The molecule has 1 aromatic rings. The summed E-state index contributed by atoms with van der Waals surface area (Å²) in [6.45, 7) is 1.51. The summed E-state index contributed by atoms with van der Waals surface area (Å²) < 4.78 is 0.831. The summed E-state index contributed by atoms with van der Waals surface area (Å²) in [5.74, 6) is -0.226. The maximum absolute atomic E-state index is 11.4. The van der Waals surface area contributed by atoms with Crippen LogP contribution in [0.25, 0.3) is 0 Å². The monoisotopic (exact) mass is 262 g/mol. The van der Waals surface area contributed by atoms with Crippen molar-refractivity contribution in [3.8, 4) is 0 Å². The summed E-state index contributed by atoms with van der Waals surface area (Å²) in [5, 5.41) is 10.3. The van der Waals surface area contributed by atoms with Gasteiger partial charge >= 0.3 is 29.6 Å². The third kappa shape index (κ3) is 3.58. The smallest absolute Gasteiger partial charge is 0.878 e. The van der Waals surface area contributed by atoms with Crippen LogP contribution < -0.4 is 34.7 Å². The van der Waals surface area contributed by atoms with E-state index >= 15 is 0 Å². The zero-order valence-corrected chi connectivity index (χ0v) is 11.7. The first-order valence-corrected chi connectivity index (χ1v) is 4.53. The van der Waals surface area contributed by atoms with Gasteiger partial charge in [0.1, 0.15) is 0 Å². The van der Waals surface area contributed by atoms with Crippen molar-refractivity contribution in [2.24, 2.45) is 0 Å². The summed E-state index contributed by atoms with van der Waals surface area (Å²) in [6.07, 6.45) is 0.573. The number of hydrogen-bond donors (Lipinski definition) is 0. The molecular formula is C10H8BrNaO2. The predicted octanol–water partition coefficient (Wildman–Crippen LogP) is -1.10. The van der Waals surface area contributed by atoms with Gasteiger partial charge in [0.05, 0.1) is 0 Å². The molecule has 4 heteroatoms. The molecule has 0 N–H and O–H groups in total. The fourth-order valence-corrected chi connectivity index (χ4v) is 1.31. The topological polar surface area (TPSA) is 40.1 Å². The normalized spacial score (nSPS) is 10.6. The number of Topliss-reactive ketones (excluding diaryl/α,β-unsaturated/α-hetero) is 1. The molecule has 0 bridgehead atoms. The van der Waals surface area contributed by atoms with E-state index in [1.165, 1.54) is 6.92 Å². The predicted molar refractivity (Wildman–Crippen MR) is 52.2 cm³/mol. The van der Waals surface area contributed by atoms with Gasteiger partial charge in [-0.15, -0.1) is 6.26 Å². The first-order valence-electron chi connectivity index (χ1n) is 3.74. The molecule has 0 heterocycles. The van der Waals surface area contributed by atoms with E-state index in [-0.39, 0.29) is 40.9 Å². The fraction of sp³-hybridized carbons (Fsp3) is 0.100. The summed E-state index contributed by atoms with van der Waals surface area (Å²) in [5.41, 5.74) is 0.747. The van der Waals surface area contributed by atoms with E-state index in [0.717, 1.165) is 4.47 Å². The Morgan fingerprint density at radius 1 is 1.50 bits per heavy atom. The molecule has 0 amide bonds. The Hall–Kier alpha value is -0.0900. The molecule has 1 rings (SSSR count). The molecule has 0 fully saturated rings. The number of carbonyl (C=O) groups excluding carboxylic acids is 1. The van der Waals surface area contributed by atoms with Crippen molar-refractivity contribution in [1.82, 2.24) is 0 Å². The first-order chi connectivity index (χ1) is 6.15. The Morgan fingerprint density at radius 2 is 2.14 bits per heavy atom. The van der Waals surface area contributed by atoms with Crippen LogP contribution in [0.2, 0.25) is 0 Å². The van der Waals surface area contributed by atoms with Crippen LogP contribution in [-0.4, -0.2) is 5.78 Å². The molecule has 0 aliphatic rings. The van der Waals surface area contributed by atoms with Gasteiger partial charge in [-0.05, 0) is 24.6 Å². The Balaban J connectivity index is 0.00000169. The van der Waals surface area contributed by atoms with Gasteiger partial charge in [-0.3, -0.25) is 4.79 Å². The second-order valence-corrected chi connectivity index (χ2v) is 3.56. The van der Waals surface area contributed by atoms with Crippen molar-refractivity contribution in [3.05, 3.63) is 46.1 Å². The van der Waals surface area contributed by atoms with E-state index in [9.17, 15) is 9.90 Å². The van der Waals surface area contributed by atoms with Crippen LogP contribution in [0.15, 0.2) is 40.6 Å². The molecule has 0 atom stereocenters. The zero-order valence-electron chi connectivity index (χ0n) is 8.08. The molecule has 0 aliphatic heterocycles. The quantitative estimate of drug-likeness (QED) is 0.294. The van der Waals surface area contributed by atoms with Crippen molar-refractivity contribution in [3.63, 3.8) is 0 Å². The van der Waals surface area contributed by atoms with Gasteiger partial charge in [-0.2, -0.15) is 0 Å². The van der Waals surface area contributed by atoms with Crippen LogP contribution in [-0.2, 0) is 0 Å². The molecule has 0 saturated carbocycles. The molecule has 0 unspecified atom stereocenters. The van der Waals surface area contributed by atoms with Gasteiger partial charge in [-0.25, -0.2) is 0 Å². The van der Waals surface area contributed by atoms with Crippen LogP contribution in [0.1, 0.15) is 17.3 Å². The number of allylic oxidation sites excluding steroid dienone is 1. The third-order valence-electron chi connectivity index (χ3n) is 1.62. The summed E-state index contributed by atoms with van der Waals surface area (Å²) in [6, 6.07) is 6.96. The number of ketones is 1. The van der Waals surface area contributed by atoms with Crippen LogP contribution >= 0.6 is 15.9 Å². The third-order valence-corrected chi connectivity index (χ3v) is 2.11. The number of carbonyl (C=O) groups is 1. The molecule has 68 valence electrons. The summed E-state index contributed by atoms with van der Waals surface area (Å²) >= 11 is 3.25. The number of halogens is 1. The van der Waals surface area contributed by atoms with Crippen LogP contribution in [0.4, 0.5) is 0 Å². The van der Waals surface area contributed by atoms with Gasteiger partial charge in [-0.1, -0.05) is 28.1 Å². The Kier molecular flexibility index (Phi) is 6.36. The maximum Gasteiger partial charge on any atom is 1.00 e. The van der Waals surface area contributed by atoms with Crippen molar-refractivity contribution in [1.29, 1.82) is 0 Å². The van der Waals surface area contributed by atoms with E-state index in [1.807, 2.05) is 6.07 Å². The average Bonchev–Trinajstić information content (AvgIpc) is 2.15. The molecule has 0 aromatic heterocycles. The second kappa shape index (κ2) is 6.40. The zero-order chi connectivity index (χ0) is 9.84. The molecule has 2 nitrogen and oxygen atoms in total. The van der Waals surface area contributed by atoms with E-state index < -0.39 is 0 Å². The Labute approximate surface area is 113 Å². The van der Waals surface area contributed by atoms with Crippen molar-refractivity contribution >= 4 is 21.7 Å². The Bertz CT molecular complexity index is 361. The van der Waals surface area contributed by atoms with Gasteiger partial charge < -0.3 is 5.11 Å². The van der Waals surface area contributed by atoms with Gasteiger partial charge in [0.25, 0.3) is 0 Å². The van der Waals surface area contributed by atoms with E-state index in [2.05, 4.69) is 15.9 Å². The Morgan fingerprint density at radius 3 is 2.64 bits per heavy atom. The number of hydrogen-bond acceptors (Lipinski definition) is 2. The summed E-state index contributed by atoms with van der Waals surface area (Å²) in [7, 11) is 0. The van der Waals surface area contributed by atoms with E-state index in [4.69, 9.17) is 0 Å². The van der Waals surface area contributed by atoms with Crippen molar-refractivity contribution < 1.29 is 39.5 Å². The van der Waals surface area contributed by atoms with Crippen LogP contribution in [0, 0.1) is 0 Å². The van der Waals surface area contributed by atoms with Gasteiger partial charge in [0.15, 0.2) is 5.78 Å². The number of benzene rings is 1. The van der Waals surface area contributed by atoms with Crippen LogP contribution in [0.3, 0.4) is 0 Å². The minimum absolute atomic E-state index is 0. The molecular weight excluding hydrogens is 255 g/mol. The SMILES string of the molecule is C/C(=C/[O-])C(=O)c1cccc(Br)c1.[Na+]. The average molecular weight is 263 g/mol. The molecule has 1 aromatic carbocycles. The minimum Gasteiger partial charge on any atom is -0.878 e. The van der Waals surface area contributed by atoms with Crippen LogP contribution in [0.5, 0.6) is 0 Å². The van der Waals surface area contributed by atoms with Crippen molar-refractivity contribution in [2.45, 2.75) is 6.92 Å². The maximum atomic E-state index is 11.4. The van der Waals surface area contributed by atoms with Gasteiger partial charge in [0, 0.05) is 10.0 Å². The summed E-state index contributed by atoms with van der Waals surface area (Å²) in [4.78, 5) is 11.4. The molecule has 0 spiro atoms. The standard InChI is InChI=1S/C10H9BrO2.Na/c1-7(6-12)10(13)8-3-2-4-9(11)5-8;/h2-6,12H,1H3;/q;+1/p-1/b7-6-;. The number of rotatable bonds is 2. The molecule has 0 radical (unpaired) electrons.